The number of hydrogen-bond acceptors (Lipinski definition) is 3. The van der Waals surface area contributed by atoms with Crippen molar-refractivity contribution < 1.29 is 4.79 Å². The van der Waals surface area contributed by atoms with Gasteiger partial charge in [-0.2, -0.15) is 0 Å². The van der Waals surface area contributed by atoms with E-state index in [2.05, 4.69) is 46.9 Å². The Morgan fingerprint density at radius 1 is 1.28 bits per heavy atom. The monoisotopic (exact) mass is 358 g/mol. The molecule has 1 amide bonds. The Morgan fingerprint density at radius 3 is 2.72 bits per heavy atom. The molecule has 1 atom stereocenters. The molecule has 1 aromatic carbocycles. The smallest absolute Gasteiger partial charge is 0.221 e. The standard InChI is InChI=1S/C19H26N4OS/c1-13(10-18-9-8-14(2)25-18)22-19(20-4)21-12-16-6-5-7-17(11-16)23-15(3)24/h5-9,11,13H,10,12H2,1-4H3,(H,23,24)(H2,20,21,22). The van der Waals surface area contributed by atoms with Crippen molar-refractivity contribution >= 4 is 28.9 Å². The topological polar surface area (TPSA) is 65.5 Å². The third-order valence-electron chi connectivity index (χ3n) is 3.62. The average Bonchev–Trinajstić information content (AvgIpc) is 2.96. The average molecular weight is 359 g/mol. The number of nitrogens with one attached hydrogen (secondary N) is 3. The van der Waals surface area contributed by atoms with E-state index in [1.807, 2.05) is 35.6 Å². The summed E-state index contributed by atoms with van der Waals surface area (Å²) in [5.74, 6) is 0.700. The van der Waals surface area contributed by atoms with Gasteiger partial charge in [-0.15, -0.1) is 11.3 Å². The molecule has 2 rings (SSSR count). The molecule has 1 unspecified atom stereocenters. The lowest BCUT2D eigenvalue weighted by Gasteiger charge is -2.17. The summed E-state index contributed by atoms with van der Waals surface area (Å²) < 4.78 is 0. The molecule has 0 fully saturated rings. The largest absolute Gasteiger partial charge is 0.354 e. The Labute approximate surface area is 153 Å². The number of rotatable bonds is 6. The van der Waals surface area contributed by atoms with Crippen molar-refractivity contribution in [2.45, 2.75) is 39.8 Å². The van der Waals surface area contributed by atoms with Gasteiger partial charge in [-0.1, -0.05) is 12.1 Å². The highest BCUT2D eigenvalue weighted by Crippen LogP contribution is 2.16. The van der Waals surface area contributed by atoms with Gasteiger partial charge in [0.2, 0.25) is 5.91 Å². The third-order valence-corrected chi connectivity index (χ3v) is 4.64. The van der Waals surface area contributed by atoms with Crippen LogP contribution in [0.1, 0.15) is 29.2 Å². The zero-order valence-electron chi connectivity index (χ0n) is 15.2. The number of amides is 1. The normalized spacial score (nSPS) is 12.6. The van der Waals surface area contributed by atoms with Gasteiger partial charge in [0.25, 0.3) is 0 Å². The third kappa shape index (κ3) is 6.58. The zero-order chi connectivity index (χ0) is 18.2. The van der Waals surface area contributed by atoms with E-state index in [1.165, 1.54) is 16.7 Å². The van der Waals surface area contributed by atoms with Crippen molar-refractivity contribution in [1.82, 2.24) is 10.6 Å². The number of hydrogen-bond donors (Lipinski definition) is 3. The lowest BCUT2D eigenvalue weighted by atomic mass is 10.2. The molecule has 0 bridgehead atoms. The molecule has 0 radical (unpaired) electrons. The molecule has 134 valence electrons. The lowest BCUT2D eigenvalue weighted by molar-refractivity contribution is -0.114. The molecule has 25 heavy (non-hydrogen) atoms. The first kappa shape index (κ1) is 19.0. The van der Waals surface area contributed by atoms with E-state index in [1.54, 1.807) is 7.05 Å². The predicted octanol–water partition coefficient (Wildman–Crippen LogP) is 3.31. The van der Waals surface area contributed by atoms with Gasteiger partial charge < -0.3 is 16.0 Å². The minimum Gasteiger partial charge on any atom is -0.354 e. The molecule has 0 aliphatic rings. The summed E-state index contributed by atoms with van der Waals surface area (Å²) in [6, 6.07) is 12.4. The Morgan fingerprint density at radius 2 is 2.08 bits per heavy atom. The zero-order valence-corrected chi connectivity index (χ0v) is 16.0. The number of aliphatic imine (C=N–C) groups is 1. The van der Waals surface area contributed by atoms with Crippen LogP contribution in [-0.2, 0) is 17.8 Å². The summed E-state index contributed by atoms with van der Waals surface area (Å²) in [6.07, 6.45) is 0.969. The Hall–Kier alpha value is -2.34. The number of carbonyl (C=O) groups excluding carboxylic acids is 1. The Kier molecular flexibility index (Phi) is 7.01. The first-order valence-electron chi connectivity index (χ1n) is 8.35. The maximum Gasteiger partial charge on any atom is 0.221 e. The molecule has 0 aliphatic heterocycles. The molecular weight excluding hydrogens is 332 g/mol. The van der Waals surface area contributed by atoms with Crippen molar-refractivity contribution in [3.63, 3.8) is 0 Å². The quantitative estimate of drug-likeness (QED) is 0.548. The fraction of sp³-hybridized carbons (Fsp3) is 0.368. The first-order valence-corrected chi connectivity index (χ1v) is 9.17. The van der Waals surface area contributed by atoms with Crippen molar-refractivity contribution in [2.75, 3.05) is 12.4 Å². The minimum atomic E-state index is -0.0692. The van der Waals surface area contributed by atoms with E-state index in [0.717, 1.165) is 23.6 Å². The van der Waals surface area contributed by atoms with Crippen LogP contribution in [0.15, 0.2) is 41.4 Å². The molecule has 5 nitrogen and oxygen atoms in total. The second kappa shape index (κ2) is 9.22. The number of benzene rings is 1. The molecule has 3 N–H and O–H groups in total. The number of anilines is 1. The van der Waals surface area contributed by atoms with Crippen LogP contribution in [0, 0.1) is 6.92 Å². The van der Waals surface area contributed by atoms with Crippen LogP contribution >= 0.6 is 11.3 Å². The van der Waals surface area contributed by atoms with Gasteiger partial charge in [-0.3, -0.25) is 9.79 Å². The number of aryl methyl sites for hydroxylation is 1. The number of carbonyl (C=O) groups is 1. The molecule has 0 aliphatic carbocycles. The van der Waals surface area contributed by atoms with E-state index >= 15 is 0 Å². The fourth-order valence-electron chi connectivity index (χ4n) is 2.52. The van der Waals surface area contributed by atoms with Crippen LogP contribution in [0.4, 0.5) is 5.69 Å². The van der Waals surface area contributed by atoms with Crippen molar-refractivity contribution in [3.8, 4) is 0 Å². The van der Waals surface area contributed by atoms with Gasteiger partial charge in [0, 0.05) is 48.4 Å². The molecule has 1 heterocycles. The second-order valence-corrected chi connectivity index (χ2v) is 7.44. The van der Waals surface area contributed by atoms with Gasteiger partial charge in [0.15, 0.2) is 5.96 Å². The van der Waals surface area contributed by atoms with Crippen LogP contribution in [-0.4, -0.2) is 25.0 Å². The Balaban J connectivity index is 1.86. The molecule has 2 aromatic rings. The van der Waals surface area contributed by atoms with Crippen molar-refractivity contribution in [2.24, 2.45) is 4.99 Å². The summed E-state index contributed by atoms with van der Waals surface area (Å²) >= 11 is 1.83. The van der Waals surface area contributed by atoms with Gasteiger partial charge in [0.1, 0.15) is 0 Å². The van der Waals surface area contributed by atoms with Gasteiger partial charge >= 0.3 is 0 Å². The lowest BCUT2D eigenvalue weighted by Crippen LogP contribution is -2.42. The highest BCUT2D eigenvalue weighted by atomic mass is 32.1. The highest BCUT2D eigenvalue weighted by molar-refractivity contribution is 7.11. The van der Waals surface area contributed by atoms with Crippen LogP contribution in [0.5, 0.6) is 0 Å². The SMILES string of the molecule is CN=C(NCc1cccc(NC(C)=O)c1)NC(C)Cc1ccc(C)s1. The van der Waals surface area contributed by atoms with Crippen LogP contribution in [0.25, 0.3) is 0 Å². The molecular formula is C19H26N4OS. The summed E-state index contributed by atoms with van der Waals surface area (Å²) in [5, 5.41) is 9.53. The van der Waals surface area contributed by atoms with E-state index in [-0.39, 0.29) is 11.9 Å². The maximum atomic E-state index is 11.2. The maximum absolute atomic E-state index is 11.2. The van der Waals surface area contributed by atoms with Crippen molar-refractivity contribution in [3.05, 3.63) is 51.7 Å². The first-order chi connectivity index (χ1) is 12.0. The van der Waals surface area contributed by atoms with Gasteiger partial charge in [-0.05, 0) is 43.7 Å². The Bertz CT molecular complexity index is 739. The van der Waals surface area contributed by atoms with Gasteiger partial charge in [-0.25, -0.2) is 0 Å². The number of nitrogens with zero attached hydrogens (tertiary/aromatic N) is 1. The minimum absolute atomic E-state index is 0.0692. The molecule has 1 aromatic heterocycles. The summed E-state index contributed by atoms with van der Waals surface area (Å²) in [5.41, 5.74) is 1.88. The fourth-order valence-corrected chi connectivity index (χ4v) is 3.54. The molecule has 0 saturated carbocycles. The number of guanidine groups is 1. The highest BCUT2D eigenvalue weighted by Gasteiger charge is 2.08. The van der Waals surface area contributed by atoms with Crippen LogP contribution < -0.4 is 16.0 Å². The van der Waals surface area contributed by atoms with E-state index < -0.39 is 0 Å². The molecule has 0 spiro atoms. The summed E-state index contributed by atoms with van der Waals surface area (Å²) in [7, 11) is 1.77. The predicted molar refractivity (Wildman–Crippen MR) is 106 cm³/mol. The summed E-state index contributed by atoms with van der Waals surface area (Å²) in [4.78, 5) is 18.2. The van der Waals surface area contributed by atoms with E-state index in [0.29, 0.717) is 6.54 Å². The molecule has 0 saturated heterocycles. The van der Waals surface area contributed by atoms with Crippen LogP contribution in [0.3, 0.4) is 0 Å². The summed E-state index contributed by atoms with van der Waals surface area (Å²) in [6.45, 7) is 6.42. The van der Waals surface area contributed by atoms with E-state index in [9.17, 15) is 4.79 Å². The second-order valence-electron chi connectivity index (χ2n) is 6.07. The van der Waals surface area contributed by atoms with E-state index in [4.69, 9.17) is 0 Å². The van der Waals surface area contributed by atoms with Crippen molar-refractivity contribution in [1.29, 1.82) is 0 Å². The number of thiophene rings is 1. The van der Waals surface area contributed by atoms with Gasteiger partial charge in [0.05, 0.1) is 0 Å². The van der Waals surface area contributed by atoms with Crippen LogP contribution in [0.2, 0.25) is 0 Å². The molecule has 6 heteroatoms.